The van der Waals surface area contributed by atoms with Crippen LogP contribution in [0.15, 0.2) is 58.1 Å². The van der Waals surface area contributed by atoms with E-state index in [1.54, 1.807) is 6.21 Å². The van der Waals surface area contributed by atoms with Crippen molar-refractivity contribution in [1.82, 2.24) is 5.43 Å². The lowest BCUT2D eigenvalue weighted by molar-refractivity contribution is 0.0955. The predicted molar refractivity (Wildman–Crippen MR) is 97.1 cm³/mol. The van der Waals surface area contributed by atoms with Gasteiger partial charge in [0.2, 0.25) is 0 Å². The summed E-state index contributed by atoms with van der Waals surface area (Å²) in [5.41, 5.74) is 5.27. The first-order valence-electron chi connectivity index (χ1n) is 7.66. The number of nitrogens with one attached hydrogen (secondary N) is 1. The van der Waals surface area contributed by atoms with E-state index in [9.17, 15) is 4.79 Å². The van der Waals surface area contributed by atoms with E-state index in [0.717, 1.165) is 23.1 Å². The van der Waals surface area contributed by atoms with Gasteiger partial charge in [-0.2, -0.15) is 5.10 Å². The smallest absolute Gasteiger partial charge is 0.271 e. The van der Waals surface area contributed by atoms with Crippen molar-refractivity contribution in [2.24, 2.45) is 5.10 Å². The second kappa shape index (κ2) is 7.42. The molecule has 0 atom stereocenters. The van der Waals surface area contributed by atoms with Crippen molar-refractivity contribution in [2.45, 2.75) is 12.8 Å². The third-order valence-corrected chi connectivity index (χ3v) is 4.32. The molecular weight excluding hydrogens is 354 g/mol. The zero-order valence-corrected chi connectivity index (χ0v) is 14.3. The van der Waals surface area contributed by atoms with E-state index < -0.39 is 0 Å². The van der Waals surface area contributed by atoms with Crippen LogP contribution in [-0.2, 0) is 0 Å². The summed E-state index contributed by atoms with van der Waals surface area (Å²) in [6.45, 7) is 2.20. The Balaban J connectivity index is 1.59. The topological polar surface area (TPSA) is 44.7 Å². The highest BCUT2D eigenvalue weighted by Crippen LogP contribution is 2.20. The molecule has 118 valence electrons. The van der Waals surface area contributed by atoms with Gasteiger partial charge in [-0.3, -0.25) is 4.79 Å². The summed E-state index contributed by atoms with van der Waals surface area (Å²) in [6.07, 6.45) is 4.11. The summed E-state index contributed by atoms with van der Waals surface area (Å²) < 4.78 is 0.977. The Morgan fingerprint density at radius 3 is 2.57 bits per heavy atom. The van der Waals surface area contributed by atoms with Gasteiger partial charge in [-0.1, -0.05) is 28.1 Å². The molecule has 1 amide bonds. The highest BCUT2D eigenvalue weighted by Gasteiger charge is 2.12. The van der Waals surface area contributed by atoms with E-state index in [1.807, 2.05) is 48.5 Å². The maximum absolute atomic E-state index is 12.1. The average molecular weight is 372 g/mol. The maximum atomic E-state index is 12.1. The van der Waals surface area contributed by atoms with Crippen LogP contribution in [0.25, 0.3) is 0 Å². The molecule has 0 aromatic heterocycles. The van der Waals surface area contributed by atoms with E-state index >= 15 is 0 Å². The summed E-state index contributed by atoms with van der Waals surface area (Å²) in [7, 11) is 0. The van der Waals surface area contributed by atoms with Crippen LogP contribution in [0.4, 0.5) is 5.69 Å². The molecule has 4 nitrogen and oxygen atoms in total. The summed E-state index contributed by atoms with van der Waals surface area (Å²) in [4.78, 5) is 14.4. The Morgan fingerprint density at radius 1 is 1.13 bits per heavy atom. The first kappa shape index (κ1) is 15.7. The predicted octanol–water partition coefficient (Wildman–Crippen LogP) is 3.81. The highest BCUT2D eigenvalue weighted by molar-refractivity contribution is 9.10. The number of anilines is 1. The highest BCUT2D eigenvalue weighted by atomic mass is 79.9. The zero-order valence-electron chi connectivity index (χ0n) is 12.7. The van der Waals surface area contributed by atoms with Gasteiger partial charge in [-0.05, 0) is 54.8 Å². The van der Waals surface area contributed by atoms with E-state index in [0.29, 0.717) is 5.56 Å². The van der Waals surface area contributed by atoms with Gasteiger partial charge in [0, 0.05) is 28.8 Å². The lowest BCUT2D eigenvalue weighted by atomic mass is 10.2. The third-order valence-electron chi connectivity index (χ3n) is 3.83. The second-order valence-electron chi connectivity index (χ2n) is 5.50. The molecule has 23 heavy (non-hydrogen) atoms. The van der Waals surface area contributed by atoms with E-state index in [-0.39, 0.29) is 5.91 Å². The fourth-order valence-electron chi connectivity index (χ4n) is 2.62. The molecule has 2 aromatic rings. The molecule has 1 aliphatic heterocycles. The Kier molecular flexibility index (Phi) is 5.08. The van der Waals surface area contributed by atoms with Gasteiger partial charge < -0.3 is 4.90 Å². The fraction of sp³-hybridized carbons (Fsp3) is 0.222. The number of hydrazone groups is 1. The van der Waals surface area contributed by atoms with E-state index in [2.05, 4.69) is 31.4 Å². The number of hydrogen-bond donors (Lipinski definition) is 1. The maximum Gasteiger partial charge on any atom is 0.271 e. The fourth-order valence-corrected chi connectivity index (χ4v) is 3.03. The molecule has 1 fully saturated rings. The average Bonchev–Trinajstić information content (AvgIpc) is 3.09. The number of hydrogen-bond acceptors (Lipinski definition) is 3. The molecule has 0 saturated carbocycles. The molecule has 1 aliphatic rings. The van der Waals surface area contributed by atoms with Gasteiger partial charge in [-0.15, -0.1) is 0 Å². The molecule has 5 heteroatoms. The molecule has 0 bridgehead atoms. The number of halogens is 1. The van der Waals surface area contributed by atoms with Crippen molar-refractivity contribution in [2.75, 3.05) is 18.0 Å². The van der Waals surface area contributed by atoms with E-state index in [4.69, 9.17) is 0 Å². The van der Waals surface area contributed by atoms with Crippen LogP contribution in [-0.4, -0.2) is 25.2 Å². The summed E-state index contributed by atoms with van der Waals surface area (Å²) in [6, 6.07) is 15.4. The molecule has 0 radical (unpaired) electrons. The normalized spacial score (nSPS) is 14.4. The molecule has 0 unspecified atom stereocenters. The zero-order chi connectivity index (χ0) is 16.1. The van der Waals surface area contributed by atoms with Crippen molar-refractivity contribution in [3.05, 3.63) is 64.1 Å². The van der Waals surface area contributed by atoms with Crippen LogP contribution in [0.1, 0.15) is 28.8 Å². The Hall–Kier alpha value is -2.14. The first-order valence-corrected chi connectivity index (χ1v) is 8.46. The van der Waals surface area contributed by atoms with Crippen molar-refractivity contribution in [1.29, 1.82) is 0 Å². The number of carbonyl (C=O) groups is 1. The number of amides is 1. The van der Waals surface area contributed by atoms with Crippen molar-refractivity contribution >= 4 is 33.7 Å². The molecule has 1 saturated heterocycles. The van der Waals surface area contributed by atoms with Crippen LogP contribution >= 0.6 is 15.9 Å². The lowest BCUT2D eigenvalue weighted by Gasteiger charge is -2.17. The number of nitrogens with zero attached hydrogens (tertiary/aromatic N) is 2. The van der Waals surface area contributed by atoms with Gasteiger partial charge in [0.05, 0.1) is 6.21 Å². The number of rotatable bonds is 4. The Bertz CT molecular complexity index is 706. The van der Waals surface area contributed by atoms with E-state index in [1.165, 1.54) is 18.5 Å². The van der Waals surface area contributed by atoms with Gasteiger partial charge in [-0.25, -0.2) is 5.43 Å². The van der Waals surface area contributed by atoms with Gasteiger partial charge in [0.25, 0.3) is 5.91 Å². The largest absolute Gasteiger partial charge is 0.372 e. The monoisotopic (exact) mass is 371 g/mol. The molecule has 3 rings (SSSR count). The minimum atomic E-state index is -0.204. The minimum absolute atomic E-state index is 0.204. The van der Waals surface area contributed by atoms with Crippen LogP contribution in [0.3, 0.4) is 0 Å². The van der Waals surface area contributed by atoms with Crippen molar-refractivity contribution < 1.29 is 4.79 Å². The number of benzene rings is 2. The number of carbonyl (C=O) groups excluding carboxylic acids is 1. The molecule has 1 N–H and O–H groups in total. The lowest BCUT2D eigenvalue weighted by Crippen LogP contribution is -2.19. The van der Waals surface area contributed by atoms with Gasteiger partial charge >= 0.3 is 0 Å². The second-order valence-corrected chi connectivity index (χ2v) is 6.41. The van der Waals surface area contributed by atoms with Crippen molar-refractivity contribution in [3.8, 4) is 0 Å². The van der Waals surface area contributed by atoms with Gasteiger partial charge in [0.1, 0.15) is 0 Å². The molecular formula is C18H18BrN3O. The molecule has 1 heterocycles. The minimum Gasteiger partial charge on any atom is -0.372 e. The van der Waals surface area contributed by atoms with Gasteiger partial charge in [0.15, 0.2) is 0 Å². The van der Waals surface area contributed by atoms with Crippen molar-refractivity contribution in [3.63, 3.8) is 0 Å². The quantitative estimate of drug-likeness (QED) is 0.655. The summed E-state index contributed by atoms with van der Waals surface area (Å²) in [5.74, 6) is -0.204. The Labute approximate surface area is 144 Å². The SMILES string of the molecule is O=C(N/N=C\c1cccc(Br)c1)c1ccc(N2CCCC2)cc1. The van der Waals surface area contributed by atoms with Crippen LogP contribution in [0.2, 0.25) is 0 Å². The molecule has 0 spiro atoms. The van der Waals surface area contributed by atoms with Crippen LogP contribution < -0.4 is 10.3 Å². The summed E-state index contributed by atoms with van der Waals surface area (Å²) >= 11 is 3.40. The third kappa shape index (κ3) is 4.20. The van der Waals surface area contributed by atoms with Crippen LogP contribution in [0, 0.1) is 0 Å². The first-order chi connectivity index (χ1) is 11.2. The molecule has 0 aliphatic carbocycles. The summed E-state index contributed by atoms with van der Waals surface area (Å²) in [5, 5.41) is 4.00. The standard InChI is InChI=1S/C18H18BrN3O/c19-16-5-3-4-14(12-16)13-20-21-18(23)15-6-8-17(9-7-15)22-10-1-2-11-22/h3-9,12-13H,1-2,10-11H2,(H,21,23)/b20-13-. The molecule has 2 aromatic carbocycles. The Morgan fingerprint density at radius 2 is 1.87 bits per heavy atom. The van der Waals surface area contributed by atoms with Crippen LogP contribution in [0.5, 0.6) is 0 Å².